The highest BCUT2D eigenvalue weighted by Crippen LogP contribution is 2.43. The zero-order valence-electron chi connectivity index (χ0n) is 6.79. The Morgan fingerprint density at radius 2 is 2.07 bits per heavy atom. The minimum Gasteiger partial charge on any atom is -0.395 e. The number of hydrogen-bond acceptors (Lipinski definition) is 3. The van der Waals surface area contributed by atoms with Gasteiger partial charge in [0, 0.05) is 6.92 Å². The first-order valence-corrected chi connectivity index (χ1v) is 3.68. The van der Waals surface area contributed by atoms with Gasteiger partial charge in [0.1, 0.15) is 0 Å². The van der Waals surface area contributed by atoms with E-state index in [-0.39, 0.29) is 17.1 Å². The third kappa shape index (κ3) is 1.30. The Morgan fingerprint density at radius 3 is 2.71 bits per heavy atom. The molecule has 0 amide bonds. The molecule has 1 heterocycles. The fourth-order valence-electron chi connectivity index (χ4n) is 1.16. The van der Waals surface area contributed by atoms with Gasteiger partial charge in [-0.15, -0.1) is 8.78 Å². The number of para-hydroxylation sites is 1. The van der Waals surface area contributed by atoms with E-state index in [9.17, 15) is 13.6 Å². The van der Waals surface area contributed by atoms with E-state index in [0.29, 0.717) is 0 Å². The number of fused-ring (bicyclic) bond motifs is 1. The molecule has 0 N–H and O–H groups in total. The van der Waals surface area contributed by atoms with Gasteiger partial charge in [-0.05, 0) is 12.1 Å². The molecular weight excluding hydrogens is 194 g/mol. The molecule has 14 heavy (non-hydrogen) atoms. The number of benzene rings is 1. The average Bonchev–Trinajstić information content (AvgIpc) is 2.36. The number of hydrogen-bond donors (Lipinski definition) is 0. The summed E-state index contributed by atoms with van der Waals surface area (Å²) in [7, 11) is 0. The SMILES string of the molecule is [CH]C(=O)c1cccc2c1OC(F)(F)O2. The number of alkyl halides is 2. The molecule has 0 aliphatic carbocycles. The van der Waals surface area contributed by atoms with Crippen molar-refractivity contribution in [3.8, 4) is 11.5 Å². The van der Waals surface area contributed by atoms with Gasteiger partial charge in [0.05, 0.1) is 5.56 Å². The Balaban J connectivity index is 2.52. The van der Waals surface area contributed by atoms with Crippen LogP contribution in [0.1, 0.15) is 10.4 Å². The van der Waals surface area contributed by atoms with Crippen molar-refractivity contribution in [3.05, 3.63) is 30.7 Å². The van der Waals surface area contributed by atoms with Crippen molar-refractivity contribution >= 4 is 5.78 Å². The van der Waals surface area contributed by atoms with Crippen molar-refractivity contribution in [2.45, 2.75) is 6.29 Å². The van der Waals surface area contributed by atoms with E-state index in [2.05, 4.69) is 9.47 Å². The first-order chi connectivity index (χ1) is 6.49. The molecule has 0 spiro atoms. The molecule has 1 aliphatic heterocycles. The normalized spacial score (nSPS) is 16.8. The molecule has 0 unspecified atom stereocenters. The molecule has 0 bridgehead atoms. The van der Waals surface area contributed by atoms with Crippen LogP contribution in [0.2, 0.25) is 0 Å². The van der Waals surface area contributed by atoms with Crippen molar-refractivity contribution in [1.29, 1.82) is 0 Å². The van der Waals surface area contributed by atoms with Crippen LogP contribution in [0.15, 0.2) is 18.2 Å². The van der Waals surface area contributed by atoms with Crippen molar-refractivity contribution in [2.24, 2.45) is 0 Å². The molecule has 1 aliphatic rings. The second-order valence-corrected chi connectivity index (χ2v) is 2.66. The van der Waals surface area contributed by atoms with Gasteiger partial charge in [0.15, 0.2) is 17.3 Å². The molecule has 0 atom stereocenters. The highest BCUT2D eigenvalue weighted by atomic mass is 19.3. The fraction of sp³-hybridized carbons (Fsp3) is 0.111. The maximum absolute atomic E-state index is 12.6. The zero-order chi connectivity index (χ0) is 10.3. The number of rotatable bonds is 1. The van der Waals surface area contributed by atoms with Crippen LogP contribution >= 0.6 is 0 Å². The van der Waals surface area contributed by atoms with Crippen LogP contribution in [0.25, 0.3) is 0 Å². The highest BCUT2D eigenvalue weighted by Gasteiger charge is 2.44. The largest absolute Gasteiger partial charge is 0.586 e. The number of halogens is 2. The maximum atomic E-state index is 12.6. The van der Waals surface area contributed by atoms with E-state index >= 15 is 0 Å². The topological polar surface area (TPSA) is 35.5 Å². The number of carbonyl (C=O) groups excluding carboxylic acids is 1. The smallest absolute Gasteiger partial charge is 0.395 e. The molecule has 2 rings (SSSR count). The quantitative estimate of drug-likeness (QED) is 0.646. The van der Waals surface area contributed by atoms with Crippen LogP contribution in [0, 0.1) is 6.92 Å². The molecular formula is C9H4F2O3. The van der Waals surface area contributed by atoms with Gasteiger partial charge in [-0.3, -0.25) is 4.79 Å². The third-order valence-corrected chi connectivity index (χ3v) is 1.69. The lowest BCUT2D eigenvalue weighted by Crippen LogP contribution is -2.26. The molecule has 5 heteroatoms. The van der Waals surface area contributed by atoms with Gasteiger partial charge in [0.25, 0.3) is 0 Å². The van der Waals surface area contributed by atoms with Gasteiger partial charge in [0.2, 0.25) is 0 Å². The Bertz CT molecular complexity index is 401. The summed E-state index contributed by atoms with van der Waals surface area (Å²) in [5, 5.41) is 0. The van der Waals surface area contributed by atoms with Crippen LogP contribution in [0.5, 0.6) is 11.5 Å². The van der Waals surface area contributed by atoms with E-state index in [1.54, 1.807) is 0 Å². The predicted molar refractivity (Wildman–Crippen MR) is 41.3 cm³/mol. The Hall–Kier alpha value is -1.65. The van der Waals surface area contributed by atoms with Crippen LogP contribution in [-0.2, 0) is 0 Å². The second-order valence-electron chi connectivity index (χ2n) is 2.66. The number of ketones is 1. The van der Waals surface area contributed by atoms with Gasteiger partial charge in [-0.25, -0.2) is 0 Å². The minimum atomic E-state index is -3.73. The molecule has 3 nitrogen and oxygen atoms in total. The second kappa shape index (κ2) is 2.67. The van der Waals surface area contributed by atoms with E-state index in [4.69, 9.17) is 6.92 Å². The number of ether oxygens (including phenoxy) is 2. The van der Waals surface area contributed by atoms with Crippen molar-refractivity contribution < 1.29 is 23.0 Å². The molecule has 72 valence electrons. The summed E-state index contributed by atoms with van der Waals surface area (Å²) in [5.74, 6) is -1.35. The number of Topliss-reactive ketones (excluding diaryl/α,β-unsaturated/α-hetero) is 1. The Labute approximate surface area is 78.2 Å². The van der Waals surface area contributed by atoms with E-state index in [1.807, 2.05) is 0 Å². The summed E-state index contributed by atoms with van der Waals surface area (Å²) in [6.45, 7) is 4.96. The van der Waals surface area contributed by atoms with Crippen LogP contribution in [0.3, 0.4) is 0 Å². The van der Waals surface area contributed by atoms with Crippen LogP contribution in [-0.4, -0.2) is 12.1 Å². The third-order valence-electron chi connectivity index (χ3n) is 1.69. The van der Waals surface area contributed by atoms with E-state index in [0.717, 1.165) is 0 Å². The monoisotopic (exact) mass is 198 g/mol. The van der Waals surface area contributed by atoms with Crippen LogP contribution < -0.4 is 9.47 Å². The summed E-state index contributed by atoms with van der Waals surface area (Å²) >= 11 is 0. The fourth-order valence-corrected chi connectivity index (χ4v) is 1.16. The predicted octanol–water partition coefficient (Wildman–Crippen LogP) is 1.90. The minimum absolute atomic E-state index is 0.125. The lowest BCUT2D eigenvalue weighted by molar-refractivity contribution is -0.286. The summed E-state index contributed by atoms with van der Waals surface area (Å²) in [6.07, 6.45) is -3.73. The van der Waals surface area contributed by atoms with Crippen LogP contribution in [0.4, 0.5) is 8.78 Å². The molecule has 0 saturated heterocycles. The summed E-state index contributed by atoms with van der Waals surface area (Å²) < 4.78 is 33.4. The Morgan fingerprint density at radius 1 is 1.36 bits per heavy atom. The summed E-state index contributed by atoms with van der Waals surface area (Å²) in [5.41, 5.74) is -0.125. The molecule has 1 aromatic rings. The zero-order valence-corrected chi connectivity index (χ0v) is 6.79. The first kappa shape index (κ1) is 8.93. The van der Waals surface area contributed by atoms with Crippen molar-refractivity contribution in [1.82, 2.24) is 0 Å². The van der Waals surface area contributed by atoms with E-state index < -0.39 is 12.1 Å². The standard InChI is InChI=1S/C9H4F2O3/c1-5(12)6-3-2-4-7-8(6)14-9(10,11)13-7/h1-4H. The number of carbonyl (C=O) groups is 1. The molecule has 1 aromatic carbocycles. The lowest BCUT2D eigenvalue weighted by atomic mass is 10.1. The summed E-state index contributed by atoms with van der Waals surface area (Å²) in [6, 6.07) is 3.93. The molecule has 0 aromatic heterocycles. The average molecular weight is 198 g/mol. The van der Waals surface area contributed by atoms with Crippen molar-refractivity contribution in [2.75, 3.05) is 0 Å². The van der Waals surface area contributed by atoms with Gasteiger partial charge < -0.3 is 9.47 Å². The van der Waals surface area contributed by atoms with Gasteiger partial charge >= 0.3 is 6.29 Å². The van der Waals surface area contributed by atoms with E-state index in [1.165, 1.54) is 18.2 Å². The summed E-state index contributed by atoms with van der Waals surface area (Å²) in [4.78, 5) is 10.8. The first-order valence-electron chi connectivity index (χ1n) is 3.68. The lowest BCUT2D eigenvalue weighted by Gasteiger charge is -2.05. The highest BCUT2D eigenvalue weighted by molar-refractivity contribution is 6.02. The molecule has 0 saturated carbocycles. The van der Waals surface area contributed by atoms with Gasteiger partial charge in [-0.2, -0.15) is 0 Å². The van der Waals surface area contributed by atoms with Crippen molar-refractivity contribution in [3.63, 3.8) is 0 Å². The maximum Gasteiger partial charge on any atom is 0.586 e. The molecule has 2 radical (unpaired) electrons. The Kier molecular flexibility index (Phi) is 1.70. The molecule has 0 fully saturated rings. The van der Waals surface area contributed by atoms with Gasteiger partial charge in [-0.1, -0.05) is 6.07 Å².